The molecule has 0 aliphatic carbocycles. The van der Waals surface area contributed by atoms with E-state index in [4.69, 9.17) is 0 Å². The van der Waals surface area contributed by atoms with Crippen molar-refractivity contribution in [3.8, 4) is 0 Å². The second-order valence-corrected chi connectivity index (χ2v) is 2.04. The second-order valence-electron chi connectivity index (χ2n) is 2.04. The molecular formula is C7H8N2O2. The molecule has 0 saturated carbocycles. The predicted octanol–water partition coefficient (Wildman–Crippen LogP) is -0.379. The summed E-state index contributed by atoms with van der Waals surface area (Å²) >= 11 is 0. The Morgan fingerprint density at radius 3 is 3.00 bits per heavy atom. The molecule has 0 radical (unpaired) electrons. The van der Waals surface area contributed by atoms with Crippen LogP contribution in [0.25, 0.3) is 0 Å². The Hall–Kier alpha value is -1.58. The number of aromatic nitrogens is 1. The molecule has 0 fully saturated rings. The minimum absolute atomic E-state index is 0.157. The van der Waals surface area contributed by atoms with Crippen LogP contribution in [-0.2, 0) is 11.3 Å². The molecule has 58 valence electrons. The molecule has 0 aromatic carbocycles. The van der Waals surface area contributed by atoms with Gasteiger partial charge in [-0.05, 0) is 6.07 Å². The number of pyridine rings is 1. The van der Waals surface area contributed by atoms with Crippen molar-refractivity contribution in [2.45, 2.75) is 6.54 Å². The number of carbonyl (C=O) groups excluding carboxylic acids is 1. The first-order valence-electron chi connectivity index (χ1n) is 3.18. The fourth-order valence-corrected chi connectivity index (χ4v) is 0.748. The summed E-state index contributed by atoms with van der Waals surface area (Å²) in [5, 5.41) is 2.44. The van der Waals surface area contributed by atoms with E-state index in [0.717, 1.165) is 0 Å². The molecule has 0 aliphatic heterocycles. The van der Waals surface area contributed by atoms with E-state index >= 15 is 0 Å². The van der Waals surface area contributed by atoms with E-state index in [2.05, 4.69) is 10.3 Å². The van der Waals surface area contributed by atoms with Crippen molar-refractivity contribution in [2.75, 3.05) is 0 Å². The van der Waals surface area contributed by atoms with Crippen molar-refractivity contribution in [1.82, 2.24) is 10.3 Å². The number of hydrogen-bond donors (Lipinski definition) is 2. The number of hydrogen-bond acceptors (Lipinski definition) is 2. The molecule has 1 rings (SSSR count). The number of aromatic amines is 1. The van der Waals surface area contributed by atoms with Crippen molar-refractivity contribution in [3.63, 3.8) is 0 Å². The topological polar surface area (TPSA) is 62.0 Å². The van der Waals surface area contributed by atoms with Gasteiger partial charge in [0.25, 0.3) is 0 Å². The summed E-state index contributed by atoms with van der Waals surface area (Å²) in [6.45, 7) is 0.361. The van der Waals surface area contributed by atoms with Gasteiger partial charge in [0.1, 0.15) is 0 Å². The van der Waals surface area contributed by atoms with Gasteiger partial charge in [-0.3, -0.25) is 9.59 Å². The Labute approximate surface area is 63.3 Å². The Morgan fingerprint density at radius 2 is 2.36 bits per heavy atom. The molecule has 4 heteroatoms. The molecule has 11 heavy (non-hydrogen) atoms. The van der Waals surface area contributed by atoms with E-state index in [9.17, 15) is 9.59 Å². The zero-order chi connectivity index (χ0) is 8.10. The SMILES string of the molecule is O=CNCc1cccc(=O)[nH]1. The maximum atomic E-state index is 10.7. The third-order valence-corrected chi connectivity index (χ3v) is 1.20. The van der Waals surface area contributed by atoms with Gasteiger partial charge in [0.05, 0.1) is 6.54 Å². The monoisotopic (exact) mass is 152 g/mol. The molecule has 1 aromatic heterocycles. The van der Waals surface area contributed by atoms with Gasteiger partial charge in [-0.25, -0.2) is 0 Å². The summed E-state index contributed by atoms with van der Waals surface area (Å²) < 4.78 is 0. The van der Waals surface area contributed by atoms with Crippen LogP contribution in [0.2, 0.25) is 0 Å². The average Bonchev–Trinajstić information content (AvgIpc) is 2.01. The van der Waals surface area contributed by atoms with E-state index in [0.29, 0.717) is 18.6 Å². The van der Waals surface area contributed by atoms with Gasteiger partial charge in [0, 0.05) is 11.8 Å². The van der Waals surface area contributed by atoms with Crippen LogP contribution in [0.5, 0.6) is 0 Å². The smallest absolute Gasteiger partial charge is 0.248 e. The summed E-state index contributed by atoms with van der Waals surface area (Å²) in [6.07, 6.45) is 0.589. The Balaban J connectivity index is 2.71. The zero-order valence-electron chi connectivity index (χ0n) is 5.83. The number of carbonyl (C=O) groups is 1. The number of rotatable bonds is 3. The lowest BCUT2D eigenvalue weighted by Crippen LogP contribution is -2.14. The van der Waals surface area contributed by atoms with Gasteiger partial charge in [0.15, 0.2) is 0 Å². The average molecular weight is 152 g/mol. The van der Waals surface area contributed by atoms with Gasteiger partial charge >= 0.3 is 0 Å². The highest BCUT2D eigenvalue weighted by atomic mass is 16.1. The molecule has 0 bridgehead atoms. The predicted molar refractivity (Wildman–Crippen MR) is 40.0 cm³/mol. The van der Waals surface area contributed by atoms with Crippen molar-refractivity contribution < 1.29 is 4.79 Å². The van der Waals surface area contributed by atoms with Gasteiger partial charge in [-0.15, -0.1) is 0 Å². The maximum Gasteiger partial charge on any atom is 0.248 e. The van der Waals surface area contributed by atoms with Crippen LogP contribution in [0.4, 0.5) is 0 Å². The molecule has 4 nitrogen and oxygen atoms in total. The molecule has 0 saturated heterocycles. The standard InChI is InChI=1S/C7H8N2O2/c10-5-8-4-6-2-1-3-7(11)9-6/h1-3,5H,4H2,(H,8,10)(H,9,11). The van der Waals surface area contributed by atoms with Crippen LogP contribution in [0, 0.1) is 0 Å². The third kappa shape index (κ3) is 2.25. The highest BCUT2D eigenvalue weighted by molar-refractivity contribution is 5.45. The summed E-state index contributed by atoms with van der Waals surface area (Å²) in [6, 6.07) is 4.79. The molecule has 1 heterocycles. The summed E-state index contributed by atoms with van der Waals surface area (Å²) in [5.41, 5.74) is 0.541. The first-order valence-corrected chi connectivity index (χ1v) is 3.18. The van der Waals surface area contributed by atoms with Crippen molar-refractivity contribution in [3.05, 3.63) is 34.2 Å². The van der Waals surface area contributed by atoms with E-state index in [1.165, 1.54) is 6.07 Å². The van der Waals surface area contributed by atoms with Gasteiger partial charge in [-0.1, -0.05) is 6.07 Å². The van der Waals surface area contributed by atoms with E-state index in [1.54, 1.807) is 12.1 Å². The lowest BCUT2D eigenvalue weighted by atomic mass is 10.3. The quantitative estimate of drug-likeness (QED) is 0.580. The normalized spacial score (nSPS) is 9.09. The lowest BCUT2D eigenvalue weighted by Gasteiger charge is -1.96. The molecule has 2 N–H and O–H groups in total. The Kier molecular flexibility index (Phi) is 2.43. The van der Waals surface area contributed by atoms with Gasteiger partial charge < -0.3 is 10.3 Å². The molecule has 1 aromatic rings. The first-order chi connectivity index (χ1) is 5.33. The highest BCUT2D eigenvalue weighted by Gasteiger charge is 1.89. The number of H-pyrrole nitrogens is 1. The number of amides is 1. The molecular weight excluding hydrogens is 144 g/mol. The van der Waals surface area contributed by atoms with Gasteiger partial charge in [0.2, 0.25) is 12.0 Å². The first kappa shape index (κ1) is 7.53. The minimum Gasteiger partial charge on any atom is -0.353 e. The van der Waals surface area contributed by atoms with Gasteiger partial charge in [-0.2, -0.15) is 0 Å². The fraction of sp³-hybridized carbons (Fsp3) is 0.143. The van der Waals surface area contributed by atoms with Crippen molar-refractivity contribution in [1.29, 1.82) is 0 Å². The van der Waals surface area contributed by atoms with Crippen molar-refractivity contribution in [2.24, 2.45) is 0 Å². The fourth-order valence-electron chi connectivity index (χ4n) is 0.748. The van der Waals surface area contributed by atoms with Crippen LogP contribution in [0.15, 0.2) is 23.0 Å². The molecule has 0 aliphatic rings. The number of nitrogens with one attached hydrogen (secondary N) is 2. The molecule has 1 amide bonds. The summed E-state index contributed by atoms with van der Waals surface area (Å²) in [7, 11) is 0. The molecule has 0 unspecified atom stereocenters. The minimum atomic E-state index is -0.157. The van der Waals surface area contributed by atoms with Crippen LogP contribution >= 0.6 is 0 Å². The van der Waals surface area contributed by atoms with Crippen LogP contribution < -0.4 is 10.9 Å². The second kappa shape index (κ2) is 3.55. The highest BCUT2D eigenvalue weighted by Crippen LogP contribution is 1.86. The third-order valence-electron chi connectivity index (χ3n) is 1.20. The van der Waals surface area contributed by atoms with Crippen LogP contribution in [0.1, 0.15) is 5.69 Å². The van der Waals surface area contributed by atoms with E-state index in [1.807, 2.05) is 0 Å². The largest absolute Gasteiger partial charge is 0.353 e. The Morgan fingerprint density at radius 1 is 1.55 bits per heavy atom. The maximum absolute atomic E-state index is 10.7. The van der Waals surface area contributed by atoms with Crippen molar-refractivity contribution >= 4 is 6.41 Å². The molecule has 0 spiro atoms. The lowest BCUT2D eigenvalue weighted by molar-refractivity contribution is -0.109. The van der Waals surface area contributed by atoms with Crippen LogP contribution in [0.3, 0.4) is 0 Å². The van der Waals surface area contributed by atoms with E-state index < -0.39 is 0 Å². The summed E-state index contributed by atoms with van der Waals surface area (Å²) in [5.74, 6) is 0. The molecule has 0 atom stereocenters. The summed E-state index contributed by atoms with van der Waals surface area (Å²) in [4.78, 5) is 23.1. The van der Waals surface area contributed by atoms with Crippen LogP contribution in [-0.4, -0.2) is 11.4 Å². The Bertz CT molecular complexity index is 292. The zero-order valence-corrected chi connectivity index (χ0v) is 5.83. The van der Waals surface area contributed by atoms with E-state index in [-0.39, 0.29) is 5.56 Å².